The molecule has 1 amide bonds. The number of nitrogens with one attached hydrogen (secondary N) is 1. The zero-order chi connectivity index (χ0) is 22.6. The Hall–Kier alpha value is -2.04. The average Bonchev–Trinajstić information content (AvgIpc) is 3.41. The van der Waals surface area contributed by atoms with Crippen LogP contribution in [0.1, 0.15) is 57.8 Å². The number of rotatable bonds is 7. The van der Waals surface area contributed by atoms with Crippen LogP contribution < -0.4 is 5.32 Å². The summed E-state index contributed by atoms with van der Waals surface area (Å²) in [6.45, 7) is 1.38. The van der Waals surface area contributed by atoms with Crippen LogP contribution in [-0.2, 0) is 26.1 Å². The number of hydrogen-bond donors (Lipinski definition) is 1. The summed E-state index contributed by atoms with van der Waals surface area (Å²) in [5, 5.41) is 11.4. The van der Waals surface area contributed by atoms with Gasteiger partial charge in [0.1, 0.15) is 11.6 Å². The Morgan fingerprint density at radius 3 is 2.62 bits per heavy atom. The second-order valence-electron chi connectivity index (χ2n) is 8.78. The molecule has 1 aliphatic heterocycles. The minimum absolute atomic E-state index is 0.145. The summed E-state index contributed by atoms with van der Waals surface area (Å²) < 4.78 is 35.0. The molecule has 1 unspecified atom stereocenters. The molecule has 10 heteroatoms. The molecule has 2 heterocycles. The van der Waals surface area contributed by atoms with Crippen LogP contribution in [0.5, 0.6) is 0 Å². The first-order valence-electron chi connectivity index (χ1n) is 11.6. The van der Waals surface area contributed by atoms with Gasteiger partial charge >= 0.3 is 0 Å². The normalized spacial score (nSPS) is 21.5. The van der Waals surface area contributed by atoms with E-state index in [2.05, 4.69) is 15.6 Å². The fourth-order valence-corrected chi connectivity index (χ4v) is 6.46. The molecular formula is C22H33N5O4S. The SMILES string of the molecule is COCCn1nnc2cc(S(=O)(=O)N3CCCC3C(=O)NC3CCCCCCC3)ccc21. The molecule has 2 fully saturated rings. The molecule has 1 aromatic heterocycles. The molecule has 2 aliphatic rings. The lowest BCUT2D eigenvalue weighted by Gasteiger charge is -2.27. The van der Waals surface area contributed by atoms with Crippen molar-refractivity contribution < 1.29 is 17.9 Å². The van der Waals surface area contributed by atoms with Crippen molar-refractivity contribution in [2.75, 3.05) is 20.3 Å². The Morgan fingerprint density at radius 1 is 1.12 bits per heavy atom. The van der Waals surface area contributed by atoms with Gasteiger partial charge in [0.05, 0.1) is 23.6 Å². The highest BCUT2D eigenvalue weighted by Gasteiger charge is 2.40. The highest BCUT2D eigenvalue weighted by atomic mass is 32.2. The summed E-state index contributed by atoms with van der Waals surface area (Å²) in [6, 6.07) is 4.33. The van der Waals surface area contributed by atoms with Gasteiger partial charge in [-0.1, -0.05) is 37.3 Å². The van der Waals surface area contributed by atoms with Gasteiger partial charge in [-0.2, -0.15) is 4.31 Å². The van der Waals surface area contributed by atoms with E-state index in [9.17, 15) is 13.2 Å². The van der Waals surface area contributed by atoms with Gasteiger partial charge in [0.25, 0.3) is 0 Å². The van der Waals surface area contributed by atoms with Crippen LogP contribution >= 0.6 is 0 Å². The summed E-state index contributed by atoms with van der Waals surface area (Å²) in [6.07, 6.45) is 9.07. The summed E-state index contributed by atoms with van der Waals surface area (Å²) in [5.41, 5.74) is 1.26. The van der Waals surface area contributed by atoms with Crippen LogP contribution in [0, 0.1) is 0 Å². The third kappa shape index (κ3) is 4.97. The number of aromatic nitrogens is 3. The fourth-order valence-electron chi connectivity index (χ4n) is 4.78. The van der Waals surface area contributed by atoms with E-state index >= 15 is 0 Å². The number of hydrogen-bond acceptors (Lipinski definition) is 6. The van der Waals surface area contributed by atoms with E-state index in [1.165, 1.54) is 23.6 Å². The van der Waals surface area contributed by atoms with Crippen LogP contribution in [0.25, 0.3) is 11.0 Å². The number of sulfonamides is 1. The minimum atomic E-state index is -3.82. The predicted octanol–water partition coefficient (Wildman–Crippen LogP) is 2.46. The topological polar surface area (TPSA) is 106 Å². The molecule has 0 spiro atoms. The number of nitrogens with zero attached hydrogens (tertiary/aromatic N) is 4. The predicted molar refractivity (Wildman–Crippen MR) is 121 cm³/mol. The quantitative estimate of drug-likeness (QED) is 0.676. The van der Waals surface area contributed by atoms with E-state index in [0.29, 0.717) is 38.1 Å². The molecule has 2 aromatic rings. The van der Waals surface area contributed by atoms with Crippen molar-refractivity contribution in [3.8, 4) is 0 Å². The molecule has 1 N–H and O–H groups in total. The minimum Gasteiger partial charge on any atom is -0.383 e. The number of amides is 1. The molecule has 4 rings (SSSR count). The molecule has 32 heavy (non-hydrogen) atoms. The van der Waals surface area contributed by atoms with Crippen molar-refractivity contribution in [1.29, 1.82) is 0 Å². The van der Waals surface area contributed by atoms with Gasteiger partial charge < -0.3 is 10.1 Å². The summed E-state index contributed by atoms with van der Waals surface area (Å²) in [5.74, 6) is -0.164. The number of carbonyl (C=O) groups excluding carboxylic acids is 1. The van der Waals surface area contributed by atoms with Gasteiger partial charge in [-0.15, -0.1) is 5.10 Å². The van der Waals surface area contributed by atoms with Crippen LogP contribution in [0.2, 0.25) is 0 Å². The van der Waals surface area contributed by atoms with Crippen molar-refractivity contribution in [3.05, 3.63) is 18.2 Å². The van der Waals surface area contributed by atoms with Gasteiger partial charge in [0.15, 0.2) is 0 Å². The van der Waals surface area contributed by atoms with Gasteiger partial charge in [-0.3, -0.25) is 4.79 Å². The Kier molecular flexibility index (Phi) is 7.42. The van der Waals surface area contributed by atoms with Crippen molar-refractivity contribution >= 4 is 27.0 Å². The van der Waals surface area contributed by atoms with Crippen LogP contribution in [0.4, 0.5) is 0 Å². The highest BCUT2D eigenvalue weighted by Crippen LogP contribution is 2.28. The molecule has 9 nitrogen and oxygen atoms in total. The molecule has 0 bridgehead atoms. The maximum atomic E-state index is 13.4. The van der Waals surface area contributed by atoms with Crippen molar-refractivity contribution in [2.24, 2.45) is 0 Å². The van der Waals surface area contributed by atoms with E-state index in [1.54, 1.807) is 30.0 Å². The lowest BCUT2D eigenvalue weighted by Crippen LogP contribution is -2.48. The molecule has 1 atom stereocenters. The Labute approximate surface area is 189 Å². The van der Waals surface area contributed by atoms with Gasteiger partial charge in [-0.25, -0.2) is 13.1 Å². The van der Waals surface area contributed by atoms with Crippen LogP contribution in [0.3, 0.4) is 0 Å². The summed E-state index contributed by atoms with van der Waals surface area (Å²) in [4.78, 5) is 13.2. The lowest BCUT2D eigenvalue weighted by molar-refractivity contribution is -0.125. The zero-order valence-electron chi connectivity index (χ0n) is 18.7. The number of fused-ring (bicyclic) bond motifs is 1. The number of methoxy groups -OCH3 is 1. The van der Waals surface area contributed by atoms with E-state index < -0.39 is 16.1 Å². The van der Waals surface area contributed by atoms with Gasteiger partial charge in [-0.05, 0) is 43.9 Å². The number of benzene rings is 1. The lowest BCUT2D eigenvalue weighted by atomic mass is 9.96. The standard InChI is InChI=1S/C22H33N5O4S/c1-31-15-14-26-20-12-11-18(16-19(20)24-25-26)32(29,30)27-13-7-10-21(27)22(28)23-17-8-5-3-2-4-6-9-17/h11-12,16-17,21H,2-10,13-15H2,1H3,(H,23,28). The number of carbonyl (C=O) groups is 1. The molecular weight excluding hydrogens is 430 g/mol. The van der Waals surface area contributed by atoms with Crippen molar-refractivity contribution in [2.45, 2.75) is 81.3 Å². The zero-order valence-corrected chi connectivity index (χ0v) is 19.5. The maximum Gasteiger partial charge on any atom is 0.243 e. The number of ether oxygens (including phenoxy) is 1. The van der Waals surface area contributed by atoms with E-state index in [4.69, 9.17) is 4.74 Å². The fraction of sp³-hybridized carbons (Fsp3) is 0.682. The second-order valence-corrected chi connectivity index (χ2v) is 10.7. The van der Waals surface area contributed by atoms with E-state index in [-0.39, 0.29) is 16.8 Å². The molecule has 1 saturated carbocycles. The molecule has 1 aliphatic carbocycles. The first kappa shape index (κ1) is 23.1. The smallest absolute Gasteiger partial charge is 0.243 e. The van der Waals surface area contributed by atoms with Crippen LogP contribution in [0.15, 0.2) is 23.1 Å². The largest absolute Gasteiger partial charge is 0.383 e. The Balaban J connectivity index is 1.50. The van der Waals surface area contributed by atoms with Crippen molar-refractivity contribution in [1.82, 2.24) is 24.6 Å². The average molecular weight is 464 g/mol. The Morgan fingerprint density at radius 2 is 1.88 bits per heavy atom. The monoisotopic (exact) mass is 463 g/mol. The van der Waals surface area contributed by atoms with E-state index in [1.807, 2.05) is 0 Å². The second kappa shape index (κ2) is 10.3. The molecule has 0 radical (unpaired) electrons. The molecule has 1 saturated heterocycles. The Bertz CT molecular complexity index is 1030. The third-order valence-electron chi connectivity index (χ3n) is 6.56. The summed E-state index contributed by atoms with van der Waals surface area (Å²) in [7, 11) is -2.20. The summed E-state index contributed by atoms with van der Waals surface area (Å²) >= 11 is 0. The first-order chi connectivity index (χ1) is 15.5. The molecule has 1 aromatic carbocycles. The molecule has 176 valence electrons. The van der Waals surface area contributed by atoms with Gasteiger partial charge in [0.2, 0.25) is 15.9 Å². The maximum absolute atomic E-state index is 13.4. The first-order valence-corrected chi connectivity index (χ1v) is 13.1. The third-order valence-corrected chi connectivity index (χ3v) is 8.46. The van der Waals surface area contributed by atoms with Crippen molar-refractivity contribution in [3.63, 3.8) is 0 Å². The van der Waals surface area contributed by atoms with E-state index in [0.717, 1.165) is 31.2 Å². The highest BCUT2D eigenvalue weighted by molar-refractivity contribution is 7.89. The van der Waals surface area contributed by atoms with Gasteiger partial charge in [0, 0.05) is 19.7 Å². The van der Waals surface area contributed by atoms with Crippen LogP contribution in [-0.4, -0.2) is 66.0 Å².